The standard InChI is InChI=1S/C25H32N4O4S/c1-3-26-25(31)29-13-12-18(16-29)14-22(24(30)28-23-11-4-17(2)15-27-23)19-5-7-20(8-6-19)34(32,33)21-9-10-21/h4-8,11,15,18,21-22H,3,9-10,12-14,16H2,1-2H3,(H,26,31)(H,27,28,30)/t18-,22-/m1/s1. The van der Waals surface area contributed by atoms with Crippen molar-refractivity contribution < 1.29 is 18.0 Å². The summed E-state index contributed by atoms with van der Waals surface area (Å²) in [6.07, 6.45) is 4.49. The molecule has 0 spiro atoms. The number of amides is 3. The molecule has 8 nitrogen and oxygen atoms in total. The van der Waals surface area contributed by atoms with Crippen molar-refractivity contribution in [1.29, 1.82) is 0 Å². The van der Waals surface area contributed by atoms with E-state index in [0.29, 0.717) is 49.6 Å². The summed E-state index contributed by atoms with van der Waals surface area (Å²) >= 11 is 0. The summed E-state index contributed by atoms with van der Waals surface area (Å²) in [4.78, 5) is 31.9. The summed E-state index contributed by atoms with van der Waals surface area (Å²) in [6, 6.07) is 10.3. The highest BCUT2D eigenvalue weighted by Gasteiger charge is 2.37. The first kappa shape index (κ1) is 24.2. The fraction of sp³-hybridized carbons (Fsp3) is 0.480. The molecule has 0 unspecified atom stereocenters. The van der Waals surface area contributed by atoms with Gasteiger partial charge < -0.3 is 15.5 Å². The summed E-state index contributed by atoms with van der Waals surface area (Å²) < 4.78 is 25.2. The van der Waals surface area contributed by atoms with Crippen molar-refractivity contribution in [3.8, 4) is 0 Å². The van der Waals surface area contributed by atoms with Gasteiger partial charge in [-0.1, -0.05) is 18.2 Å². The number of nitrogens with zero attached hydrogens (tertiary/aromatic N) is 2. The Morgan fingerprint density at radius 1 is 1.12 bits per heavy atom. The Morgan fingerprint density at radius 3 is 2.47 bits per heavy atom. The maximum atomic E-state index is 13.3. The maximum Gasteiger partial charge on any atom is 0.317 e. The number of aryl methyl sites for hydroxylation is 1. The molecule has 0 radical (unpaired) electrons. The lowest BCUT2D eigenvalue weighted by Gasteiger charge is -2.22. The van der Waals surface area contributed by atoms with Crippen molar-refractivity contribution in [2.24, 2.45) is 5.92 Å². The van der Waals surface area contributed by atoms with Crippen LogP contribution in [0.15, 0.2) is 47.5 Å². The predicted octanol–water partition coefficient (Wildman–Crippen LogP) is 3.49. The lowest BCUT2D eigenvalue weighted by molar-refractivity contribution is -0.118. The molecule has 9 heteroatoms. The van der Waals surface area contributed by atoms with Crippen LogP contribution in [0.3, 0.4) is 0 Å². The first-order valence-corrected chi connectivity index (χ1v) is 13.4. The highest BCUT2D eigenvalue weighted by Crippen LogP contribution is 2.35. The average Bonchev–Trinajstić information content (AvgIpc) is 3.59. The second-order valence-corrected chi connectivity index (χ2v) is 11.5. The van der Waals surface area contributed by atoms with Crippen LogP contribution in [0.5, 0.6) is 0 Å². The number of benzene rings is 1. The molecule has 182 valence electrons. The number of sulfone groups is 1. The Morgan fingerprint density at radius 2 is 1.85 bits per heavy atom. The molecule has 1 aliphatic heterocycles. The van der Waals surface area contributed by atoms with Gasteiger partial charge in [-0.05, 0) is 74.8 Å². The van der Waals surface area contributed by atoms with Crippen molar-refractivity contribution in [3.05, 3.63) is 53.7 Å². The minimum absolute atomic E-state index is 0.0792. The number of hydrogen-bond donors (Lipinski definition) is 2. The number of anilines is 1. The van der Waals surface area contributed by atoms with Crippen LogP contribution in [0.4, 0.5) is 10.6 Å². The molecule has 4 rings (SSSR count). The molecule has 1 saturated heterocycles. The molecule has 3 amide bonds. The van der Waals surface area contributed by atoms with Gasteiger partial charge in [0, 0.05) is 25.8 Å². The highest BCUT2D eigenvalue weighted by atomic mass is 32.2. The van der Waals surface area contributed by atoms with E-state index >= 15 is 0 Å². The van der Waals surface area contributed by atoms with Gasteiger partial charge in [-0.15, -0.1) is 0 Å². The van der Waals surface area contributed by atoms with Crippen LogP contribution in [-0.4, -0.2) is 55.1 Å². The number of carbonyl (C=O) groups excluding carboxylic acids is 2. The smallest absolute Gasteiger partial charge is 0.317 e. The van der Waals surface area contributed by atoms with Crippen molar-refractivity contribution in [2.45, 2.75) is 55.6 Å². The van der Waals surface area contributed by atoms with Crippen LogP contribution in [0.2, 0.25) is 0 Å². The lowest BCUT2D eigenvalue weighted by Crippen LogP contribution is -2.38. The second kappa shape index (κ2) is 10.1. The molecule has 1 aromatic heterocycles. The van der Waals surface area contributed by atoms with E-state index in [9.17, 15) is 18.0 Å². The largest absolute Gasteiger partial charge is 0.338 e. The molecule has 0 bridgehead atoms. The minimum atomic E-state index is -3.29. The van der Waals surface area contributed by atoms with Gasteiger partial charge in [-0.3, -0.25) is 4.79 Å². The molecular weight excluding hydrogens is 452 g/mol. The van der Waals surface area contributed by atoms with Crippen molar-refractivity contribution in [3.63, 3.8) is 0 Å². The second-order valence-electron chi connectivity index (χ2n) is 9.25. The van der Waals surface area contributed by atoms with E-state index < -0.39 is 15.8 Å². The first-order chi connectivity index (χ1) is 16.3. The third-order valence-corrected chi connectivity index (χ3v) is 8.80. The Hall–Kier alpha value is -2.94. The zero-order valence-electron chi connectivity index (χ0n) is 19.7. The molecule has 1 aromatic carbocycles. The first-order valence-electron chi connectivity index (χ1n) is 11.9. The summed E-state index contributed by atoms with van der Waals surface area (Å²) in [5, 5.41) is 5.46. The SMILES string of the molecule is CCNC(=O)N1CC[C@H](C[C@@H](C(=O)Nc2ccc(C)cn2)c2ccc(S(=O)(=O)C3CC3)cc2)C1. The number of hydrogen-bond acceptors (Lipinski definition) is 5. The topological polar surface area (TPSA) is 108 Å². The van der Waals surface area contributed by atoms with Crippen LogP contribution >= 0.6 is 0 Å². The molecule has 2 N–H and O–H groups in total. The number of carbonyl (C=O) groups is 2. The Balaban J connectivity index is 1.53. The van der Waals surface area contributed by atoms with E-state index in [-0.39, 0.29) is 23.1 Å². The van der Waals surface area contributed by atoms with E-state index in [1.165, 1.54) is 0 Å². The monoisotopic (exact) mass is 484 g/mol. The molecule has 1 aliphatic carbocycles. The van der Waals surface area contributed by atoms with Crippen LogP contribution in [0.25, 0.3) is 0 Å². The summed E-state index contributed by atoms with van der Waals surface area (Å²) in [6.45, 7) is 5.64. The van der Waals surface area contributed by atoms with Crippen LogP contribution < -0.4 is 10.6 Å². The molecule has 2 atom stereocenters. The van der Waals surface area contributed by atoms with Gasteiger partial charge in [-0.2, -0.15) is 0 Å². The van der Waals surface area contributed by atoms with Crippen LogP contribution in [-0.2, 0) is 14.6 Å². The normalized spacial score (nSPS) is 19.0. The lowest BCUT2D eigenvalue weighted by atomic mass is 9.87. The fourth-order valence-corrected chi connectivity index (χ4v) is 6.07. The van der Waals surface area contributed by atoms with Gasteiger partial charge >= 0.3 is 6.03 Å². The van der Waals surface area contributed by atoms with Crippen molar-refractivity contribution >= 4 is 27.6 Å². The van der Waals surface area contributed by atoms with E-state index in [2.05, 4.69) is 15.6 Å². The zero-order chi connectivity index (χ0) is 24.3. The fourth-order valence-electron chi connectivity index (χ4n) is 4.42. The van der Waals surface area contributed by atoms with Gasteiger partial charge in [0.05, 0.1) is 16.1 Å². The Labute approximate surface area is 201 Å². The summed E-state index contributed by atoms with van der Waals surface area (Å²) in [5.41, 5.74) is 1.76. The van der Waals surface area contributed by atoms with Crippen molar-refractivity contribution in [2.75, 3.05) is 25.0 Å². The quantitative estimate of drug-likeness (QED) is 0.596. The number of pyridine rings is 1. The third-order valence-electron chi connectivity index (χ3n) is 6.52. The number of urea groups is 1. The van der Waals surface area contributed by atoms with Crippen molar-refractivity contribution in [1.82, 2.24) is 15.2 Å². The van der Waals surface area contributed by atoms with Gasteiger partial charge in [0.15, 0.2) is 9.84 Å². The number of likely N-dealkylation sites (tertiary alicyclic amines) is 1. The molecule has 1 saturated carbocycles. The number of rotatable bonds is 8. The molecule has 2 aromatic rings. The van der Waals surface area contributed by atoms with E-state index in [0.717, 1.165) is 17.5 Å². The van der Waals surface area contributed by atoms with Gasteiger partial charge in [0.1, 0.15) is 5.82 Å². The summed E-state index contributed by atoms with van der Waals surface area (Å²) in [7, 11) is -3.29. The number of nitrogens with one attached hydrogen (secondary N) is 2. The van der Waals surface area contributed by atoms with E-state index in [1.807, 2.05) is 19.9 Å². The predicted molar refractivity (Wildman–Crippen MR) is 130 cm³/mol. The highest BCUT2D eigenvalue weighted by molar-refractivity contribution is 7.92. The average molecular weight is 485 g/mol. The maximum absolute atomic E-state index is 13.3. The summed E-state index contributed by atoms with van der Waals surface area (Å²) in [5.74, 6) is -0.0336. The molecule has 2 heterocycles. The van der Waals surface area contributed by atoms with Gasteiger partial charge in [0.25, 0.3) is 0 Å². The van der Waals surface area contributed by atoms with Gasteiger partial charge in [0.2, 0.25) is 5.91 Å². The minimum Gasteiger partial charge on any atom is -0.338 e. The molecule has 2 aliphatic rings. The Kier molecular flexibility index (Phi) is 7.21. The zero-order valence-corrected chi connectivity index (χ0v) is 20.5. The van der Waals surface area contributed by atoms with Crippen LogP contribution in [0, 0.1) is 12.8 Å². The Bertz CT molecular complexity index is 1130. The molecule has 2 fully saturated rings. The number of aromatic nitrogens is 1. The van der Waals surface area contributed by atoms with E-state index in [1.54, 1.807) is 41.4 Å². The molecule has 34 heavy (non-hydrogen) atoms. The van der Waals surface area contributed by atoms with Gasteiger partial charge in [-0.25, -0.2) is 18.2 Å². The molecular formula is C25H32N4O4S. The third kappa shape index (κ3) is 5.58. The van der Waals surface area contributed by atoms with Crippen LogP contribution in [0.1, 0.15) is 49.7 Å². The van der Waals surface area contributed by atoms with E-state index in [4.69, 9.17) is 0 Å².